The second kappa shape index (κ2) is 6.84. The lowest BCUT2D eigenvalue weighted by Gasteiger charge is -2.31. The van der Waals surface area contributed by atoms with E-state index in [-0.39, 0.29) is 0 Å². The second-order valence-electron chi connectivity index (χ2n) is 6.59. The van der Waals surface area contributed by atoms with Crippen molar-refractivity contribution in [2.45, 2.75) is 58.6 Å². The van der Waals surface area contributed by atoms with Crippen LogP contribution in [0.4, 0.5) is 0 Å². The number of nitrogens with zero attached hydrogens (tertiary/aromatic N) is 3. The average molecular weight is 289 g/mol. The lowest BCUT2D eigenvalue weighted by atomic mass is 9.88. The number of ether oxygens (including phenoxy) is 1. The SMILES string of the molecule is Cc1ncc2c(n1)CN(CCO[C@@H]1CCCC[C@H]1C)CC2. The summed E-state index contributed by atoms with van der Waals surface area (Å²) in [4.78, 5) is 11.3. The molecule has 1 aromatic rings. The Kier molecular flexibility index (Phi) is 4.86. The first-order valence-corrected chi connectivity index (χ1v) is 8.38. The van der Waals surface area contributed by atoms with Gasteiger partial charge in [0.15, 0.2) is 0 Å². The third-order valence-corrected chi connectivity index (χ3v) is 4.92. The molecule has 0 unspecified atom stereocenters. The van der Waals surface area contributed by atoms with Gasteiger partial charge in [-0.2, -0.15) is 0 Å². The number of aryl methyl sites for hydroxylation is 1. The number of hydrogen-bond acceptors (Lipinski definition) is 4. The molecule has 1 saturated carbocycles. The molecule has 0 saturated heterocycles. The lowest BCUT2D eigenvalue weighted by Crippen LogP contribution is -2.36. The maximum Gasteiger partial charge on any atom is 0.125 e. The van der Waals surface area contributed by atoms with Crippen LogP contribution in [0.2, 0.25) is 0 Å². The van der Waals surface area contributed by atoms with Crippen LogP contribution in [0.15, 0.2) is 6.20 Å². The van der Waals surface area contributed by atoms with Crippen LogP contribution in [0.3, 0.4) is 0 Å². The van der Waals surface area contributed by atoms with Crippen molar-refractivity contribution in [1.82, 2.24) is 14.9 Å². The zero-order chi connectivity index (χ0) is 14.7. The van der Waals surface area contributed by atoms with Crippen molar-refractivity contribution >= 4 is 0 Å². The van der Waals surface area contributed by atoms with Crippen molar-refractivity contribution in [2.24, 2.45) is 5.92 Å². The highest BCUT2D eigenvalue weighted by molar-refractivity contribution is 5.20. The van der Waals surface area contributed by atoms with Crippen LogP contribution in [-0.2, 0) is 17.7 Å². The monoisotopic (exact) mass is 289 g/mol. The fourth-order valence-electron chi connectivity index (χ4n) is 3.51. The molecule has 1 fully saturated rings. The van der Waals surface area contributed by atoms with Crippen molar-refractivity contribution in [3.05, 3.63) is 23.3 Å². The summed E-state index contributed by atoms with van der Waals surface area (Å²) < 4.78 is 6.14. The van der Waals surface area contributed by atoms with E-state index < -0.39 is 0 Å². The molecule has 1 aliphatic heterocycles. The normalized spacial score (nSPS) is 26.6. The fraction of sp³-hybridized carbons (Fsp3) is 0.765. The van der Waals surface area contributed by atoms with Gasteiger partial charge in [-0.05, 0) is 37.7 Å². The summed E-state index contributed by atoms with van der Waals surface area (Å²) in [5.74, 6) is 1.61. The van der Waals surface area contributed by atoms with Crippen LogP contribution >= 0.6 is 0 Å². The molecule has 2 aliphatic rings. The van der Waals surface area contributed by atoms with E-state index in [1.165, 1.54) is 36.9 Å². The van der Waals surface area contributed by atoms with Crippen LogP contribution in [0.5, 0.6) is 0 Å². The number of fused-ring (bicyclic) bond motifs is 1. The van der Waals surface area contributed by atoms with Crippen LogP contribution in [0.1, 0.15) is 49.7 Å². The van der Waals surface area contributed by atoms with Crippen LogP contribution in [-0.4, -0.2) is 40.7 Å². The number of aromatic nitrogens is 2. The van der Waals surface area contributed by atoms with Crippen molar-refractivity contribution in [3.8, 4) is 0 Å². The third kappa shape index (κ3) is 3.80. The average Bonchev–Trinajstić information content (AvgIpc) is 2.49. The van der Waals surface area contributed by atoms with Gasteiger partial charge in [-0.15, -0.1) is 0 Å². The zero-order valence-electron chi connectivity index (χ0n) is 13.3. The molecule has 0 N–H and O–H groups in total. The Morgan fingerprint density at radius 3 is 3.05 bits per heavy atom. The Morgan fingerprint density at radius 2 is 2.19 bits per heavy atom. The van der Waals surface area contributed by atoms with Gasteiger partial charge in [-0.25, -0.2) is 9.97 Å². The Labute approximate surface area is 127 Å². The van der Waals surface area contributed by atoms with E-state index in [0.29, 0.717) is 6.10 Å². The van der Waals surface area contributed by atoms with Gasteiger partial charge >= 0.3 is 0 Å². The Balaban J connectivity index is 1.46. The smallest absolute Gasteiger partial charge is 0.125 e. The highest BCUT2D eigenvalue weighted by Crippen LogP contribution is 2.26. The molecule has 0 amide bonds. The molecule has 0 aromatic carbocycles. The highest BCUT2D eigenvalue weighted by atomic mass is 16.5. The Hall–Kier alpha value is -1.00. The van der Waals surface area contributed by atoms with E-state index in [4.69, 9.17) is 4.74 Å². The van der Waals surface area contributed by atoms with Gasteiger partial charge in [0.1, 0.15) is 5.82 Å². The number of hydrogen-bond donors (Lipinski definition) is 0. The molecule has 1 aliphatic carbocycles. The van der Waals surface area contributed by atoms with Gasteiger partial charge in [0.05, 0.1) is 18.4 Å². The van der Waals surface area contributed by atoms with Gasteiger partial charge in [-0.3, -0.25) is 4.90 Å². The fourth-order valence-corrected chi connectivity index (χ4v) is 3.51. The van der Waals surface area contributed by atoms with E-state index in [2.05, 4.69) is 21.8 Å². The first-order chi connectivity index (χ1) is 10.2. The van der Waals surface area contributed by atoms with E-state index in [1.807, 2.05) is 13.1 Å². The minimum absolute atomic E-state index is 0.486. The lowest BCUT2D eigenvalue weighted by molar-refractivity contribution is -0.0151. The molecule has 116 valence electrons. The van der Waals surface area contributed by atoms with Crippen molar-refractivity contribution in [1.29, 1.82) is 0 Å². The number of rotatable bonds is 4. The molecule has 0 spiro atoms. The standard InChI is InChI=1S/C17H27N3O/c1-13-5-3-4-6-17(13)21-10-9-20-8-7-15-11-18-14(2)19-16(15)12-20/h11,13,17H,3-10,12H2,1-2H3/t13-,17-/m1/s1. The molecule has 4 heteroatoms. The Morgan fingerprint density at radius 1 is 1.33 bits per heavy atom. The zero-order valence-corrected chi connectivity index (χ0v) is 13.3. The summed E-state index contributed by atoms with van der Waals surface area (Å²) >= 11 is 0. The predicted octanol–water partition coefficient (Wildman–Crippen LogP) is 2.74. The van der Waals surface area contributed by atoms with E-state index in [9.17, 15) is 0 Å². The molecule has 3 rings (SSSR count). The summed E-state index contributed by atoms with van der Waals surface area (Å²) in [5, 5.41) is 0. The quantitative estimate of drug-likeness (QED) is 0.854. The van der Waals surface area contributed by atoms with Crippen molar-refractivity contribution in [2.75, 3.05) is 19.7 Å². The molecular formula is C17H27N3O. The second-order valence-corrected chi connectivity index (χ2v) is 6.59. The van der Waals surface area contributed by atoms with Gasteiger partial charge in [-0.1, -0.05) is 19.8 Å². The third-order valence-electron chi connectivity index (χ3n) is 4.92. The van der Waals surface area contributed by atoms with Crippen LogP contribution in [0.25, 0.3) is 0 Å². The summed E-state index contributed by atoms with van der Waals surface area (Å²) in [5.41, 5.74) is 2.53. The van der Waals surface area contributed by atoms with Crippen LogP contribution < -0.4 is 0 Å². The molecule has 0 radical (unpaired) electrons. The van der Waals surface area contributed by atoms with Crippen molar-refractivity contribution < 1.29 is 4.74 Å². The van der Waals surface area contributed by atoms with Gasteiger partial charge < -0.3 is 4.74 Å². The molecule has 0 bridgehead atoms. The van der Waals surface area contributed by atoms with Gasteiger partial charge in [0, 0.05) is 25.8 Å². The summed E-state index contributed by atoms with van der Waals surface area (Å²) in [6, 6.07) is 0. The largest absolute Gasteiger partial charge is 0.377 e. The molecule has 2 atom stereocenters. The van der Waals surface area contributed by atoms with Crippen molar-refractivity contribution in [3.63, 3.8) is 0 Å². The van der Waals surface area contributed by atoms with E-state index in [0.717, 1.165) is 44.4 Å². The van der Waals surface area contributed by atoms with E-state index in [1.54, 1.807) is 0 Å². The Bertz CT molecular complexity index is 477. The highest BCUT2D eigenvalue weighted by Gasteiger charge is 2.22. The minimum Gasteiger partial charge on any atom is -0.377 e. The molecule has 4 nitrogen and oxygen atoms in total. The molecular weight excluding hydrogens is 262 g/mol. The first kappa shape index (κ1) is 14.9. The summed E-state index contributed by atoms with van der Waals surface area (Å²) in [6.07, 6.45) is 8.84. The van der Waals surface area contributed by atoms with Gasteiger partial charge in [0.25, 0.3) is 0 Å². The molecule has 21 heavy (non-hydrogen) atoms. The summed E-state index contributed by atoms with van der Waals surface area (Å²) in [7, 11) is 0. The maximum atomic E-state index is 6.14. The van der Waals surface area contributed by atoms with Gasteiger partial charge in [0.2, 0.25) is 0 Å². The minimum atomic E-state index is 0.486. The topological polar surface area (TPSA) is 38.2 Å². The molecule has 2 heterocycles. The van der Waals surface area contributed by atoms with E-state index >= 15 is 0 Å². The van der Waals surface area contributed by atoms with Crippen LogP contribution in [0, 0.1) is 12.8 Å². The predicted molar refractivity (Wildman–Crippen MR) is 83.1 cm³/mol. The maximum absolute atomic E-state index is 6.14. The molecule has 1 aromatic heterocycles. The summed E-state index contributed by atoms with van der Waals surface area (Å²) in [6.45, 7) is 8.22. The first-order valence-electron chi connectivity index (χ1n) is 8.38.